The summed E-state index contributed by atoms with van der Waals surface area (Å²) < 4.78 is 1.78. The maximum Gasteiger partial charge on any atom is 0.257 e. The number of carbonyl (C=O) groups excluding carboxylic acids is 1. The number of hydrogen-bond acceptors (Lipinski definition) is 3. The molecule has 2 heterocycles. The van der Waals surface area contributed by atoms with E-state index >= 15 is 0 Å². The van der Waals surface area contributed by atoms with Crippen LogP contribution < -0.4 is 5.73 Å². The van der Waals surface area contributed by atoms with Crippen LogP contribution in [-0.2, 0) is 6.54 Å². The first-order valence-corrected chi connectivity index (χ1v) is 6.69. The van der Waals surface area contributed by atoms with Gasteiger partial charge < -0.3 is 10.6 Å². The Balaban J connectivity index is 1.95. The Morgan fingerprint density at radius 1 is 1.56 bits per heavy atom. The highest BCUT2D eigenvalue weighted by Gasteiger charge is 2.25. The third kappa shape index (κ3) is 2.72. The lowest BCUT2D eigenvalue weighted by atomic mass is 9.91. The second-order valence-corrected chi connectivity index (χ2v) is 5.07. The zero-order valence-corrected chi connectivity index (χ0v) is 11.2. The van der Waals surface area contributed by atoms with E-state index in [1.807, 2.05) is 24.9 Å². The van der Waals surface area contributed by atoms with Gasteiger partial charge in [-0.2, -0.15) is 5.10 Å². The van der Waals surface area contributed by atoms with Gasteiger partial charge in [-0.1, -0.05) is 0 Å². The van der Waals surface area contributed by atoms with Crippen LogP contribution in [0.25, 0.3) is 0 Å². The Bertz CT molecular complexity index is 405. The Labute approximate surface area is 108 Å². The van der Waals surface area contributed by atoms with E-state index in [4.69, 9.17) is 5.73 Å². The Hall–Kier alpha value is -1.36. The topological polar surface area (TPSA) is 64.2 Å². The summed E-state index contributed by atoms with van der Waals surface area (Å²) in [4.78, 5) is 14.2. The molecule has 2 rings (SSSR count). The van der Waals surface area contributed by atoms with E-state index in [0.29, 0.717) is 11.5 Å². The van der Waals surface area contributed by atoms with Crippen LogP contribution in [-0.4, -0.2) is 39.7 Å². The lowest BCUT2D eigenvalue weighted by molar-refractivity contribution is 0.0681. The van der Waals surface area contributed by atoms with Gasteiger partial charge in [0.05, 0.1) is 11.8 Å². The SMILES string of the molecule is CCn1cc(C(=O)N2CCC(C(C)N)CC2)cn1. The first-order chi connectivity index (χ1) is 8.61. The Morgan fingerprint density at radius 3 is 2.72 bits per heavy atom. The van der Waals surface area contributed by atoms with Gasteiger partial charge in [0, 0.05) is 31.9 Å². The predicted octanol–water partition coefficient (Wildman–Crippen LogP) is 1.10. The highest BCUT2D eigenvalue weighted by Crippen LogP contribution is 2.20. The number of aryl methyl sites for hydroxylation is 1. The van der Waals surface area contributed by atoms with Gasteiger partial charge in [-0.3, -0.25) is 9.48 Å². The smallest absolute Gasteiger partial charge is 0.257 e. The van der Waals surface area contributed by atoms with Crippen LogP contribution in [0.3, 0.4) is 0 Å². The summed E-state index contributed by atoms with van der Waals surface area (Å²) in [5, 5.41) is 4.14. The molecule has 0 bridgehead atoms. The van der Waals surface area contributed by atoms with Crippen LogP contribution in [0.5, 0.6) is 0 Å². The van der Waals surface area contributed by atoms with Gasteiger partial charge in [-0.15, -0.1) is 0 Å². The van der Waals surface area contributed by atoms with Gasteiger partial charge >= 0.3 is 0 Å². The molecule has 1 unspecified atom stereocenters. The van der Waals surface area contributed by atoms with E-state index in [9.17, 15) is 4.79 Å². The second kappa shape index (κ2) is 5.52. The van der Waals surface area contributed by atoms with Gasteiger partial charge in [-0.25, -0.2) is 0 Å². The largest absolute Gasteiger partial charge is 0.339 e. The highest BCUT2D eigenvalue weighted by atomic mass is 16.2. The molecule has 1 aliphatic rings. The molecule has 5 heteroatoms. The quantitative estimate of drug-likeness (QED) is 0.873. The fourth-order valence-electron chi connectivity index (χ4n) is 2.46. The number of likely N-dealkylation sites (tertiary alicyclic amines) is 1. The van der Waals surface area contributed by atoms with Crippen LogP contribution in [0.15, 0.2) is 12.4 Å². The van der Waals surface area contributed by atoms with Gasteiger partial charge in [0.2, 0.25) is 0 Å². The van der Waals surface area contributed by atoms with Gasteiger partial charge in [-0.05, 0) is 32.6 Å². The van der Waals surface area contributed by atoms with E-state index in [2.05, 4.69) is 5.10 Å². The Kier molecular flexibility index (Phi) is 4.01. The molecule has 0 aliphatic carbocycles. The third-order valence-electron chi connectivity index (χ3n) is 3.77. The molecule has 1 amide bonds. The molecule has 18 heavy (non-hydrogen) atoms. The average Bonchev–Trinajstić information content (AvgIpc) is 2.86. The van der Waals surface area contributed by atoms with E-state index < -0.39 is 0 Å². The molecular formula is C13H22N4O. The molecular weight excluding hydrogens is 228 g/mol. The van der Waals surface area contributed by atoms with Gasteiger partial charge in [0.25, 0.3) is 5.91 Å². The second-order valence-electron chi connectivity index (χ2n) is 5.07. The fourth-order valence-corrected chi connectivity index (χ4v) is 2.46. The van der Waals surface area contributed by atoms with Crippen molar-refractivity contribution in [2.45, 2.75) is 39.3 Å². The molecule has 0 radical (unpaired) electrons. The molecule has 1 fully saturated rings. The average molecular weight is 250 g/mol. The number of nitrogens with two attached hydrogens (primary N) is 1. The summed E-state index contributed by atoms with van der Waals surface area (Å²) in [5.41, 5.74) is 6.60. The number of nitrogens with zero attached hydrogens (tertiary/aromatic N) is 3. The lowest BCUT2D eigenvalue weighted by Gasteiger charge is -2.33. The third-order valence-corrected chi connectivity index (χ3v) is 3.77. The molecule has 0 saturated carbocycles. The van der Waals surface area contributed by atoms with Gasteiger partial charge in [0.15, 0.2) is 0 Å². The molecule has 2 N–H and O–H groups in total. The van der Waals surface area contributed by atoms with Crippen molar-refractivity contribution in [3.63, 3.8) is 0 Å². The Morgan fingerprint density at radius 2 is 2.22 bits per heavy atom. The zero-order valence-electron chi connectivity index (χ0n) is 11.2. The standard InChI is InChI=1S/C13H22N4O/c1-3-17-9-12(8-15-17)13(18)16-6-4-11(5-7-16)10(2)14/h8-11H,3-7,14H2,1-2H3. The van der Waals surface area contributed by atoms with E-state index in [-0.39, 0.29) is 11.9 Å². The molecule has 1 aromatic rings. The van der Waals surface area contributed by atoms with Gasteiger partial charge in [0.1, 0.15) is 0 Å². The van der Waals surface area contributed by atoms with Crippen molar-refractivity contribution < 1.29 is 4.79 Å². The molecule has 1 aliphatic heterocycles. The molecule has 100 valence electrons. The maximum atomic E-state index is 12.2. The minimum Gasteiger partial charge on any atom is -0.339 e. The first-order valence-electron chi connectivity index (χ1n) is 6.69. The zero-order chi connectivity index (χ0) is 13.1. The normalized spacial score (nSPS) is 18.9. The number of hydrogen-bond donors (Lipinski definition) is 1. The van der Waals surface area contributed by atoms with Crippen molar-refractivity contribution in [1.29, 1.82) is 0 Å². The fraction of sp³-hybridized carbons (Fsp3) is 0.692. The van der Waals surface area contributed by atoms with Crippen molar-refractivity contribution in [3.05, 3.63) is 18.0 Å². The summed E-state index contributed by atoms with van der Waals surface area (Å²) in [6.07, 6.45) is 5.49. The monoisotopic (exact) mass is 250 g/mol. The number of piperidine rings is 1. The van der Waals surface area contributed by atoms with Crippen LogP contribution >= 0.6 is 0 Å². The van der Waals surface area contributed by atoms with Crippen molar-refractivity contribution >= 4 is 5.91 Å². The molecule has 1 atom stereocenters. The van der Waals surface area contributed by atoms with Crippen LogP contribution in [0, 0.1) is 5.92 Å². The summed E-state index contributed by atoms with van der Waals surface area (Å²) >= 11 is 0. The number of carbonyl (C=O) groups is 1. The summed E-state index contributed by atoms with van der Waals surface area (Å²) in [5.74, 6) is 0.644. The van der Waals surface area contributed by atoms with E-state index in [1.165, 1.54) is 0 Å². The summed E-state index contributed by atoms with van der Waals surface area (Å²) in [6, 6.07) is 0.227. The van der Waals surface area contributed by atoms with E-state index in [1.54, 1.807) is 10.9 Å². The van der Waals surface area contributed by atoms with E-state index in [0.717, 1.165) is 32.5 Å². The summed E-state index contributed by atoms with van der Waals surface area (Å²) in [6.45, 7) is 6.47. The van der Waals surface area contributed by atoms with Crippen molar-refractivity contribution in [2.24, 2.45) is 11.7 Å². The molecule has 0 spiro atoms. The first kappa shape index (κ1) is 13.1. The predicted molar refractivity (Wildman–Crippen MR) is 70.2 cm³/mol. The minimum absolute atomic E-state index is 0.0952. The van der Waals surface area contributed by atoms with Crippen molar-refractivity contribution in [2.75, 3.05) is 13.1 Å². The summed E-state index contributed by atoms with van der Waals surface area (Å²) in [7, 11) is 0. The van der Waals surface area contributed by atoms with Crippen LogP contribution in [0.1, 0.15) is 37.0 Å². The highest BCUT2D eigenvalue weighted by molar-refractivity contribution is 5.93. The molecule has 5 nitrogen and oxygen atoms in total. The maximum absolute atomic E-state index is 12.2. The van der Waals surface area contributed by atoms with Crippen molar-refractivity contribution in [3.8, 4) is 0 Å². The number of amides is 1. The number of aromatic nitrogens is 2. The molecule has 0 aromatic carbocycles. The van der Waals surface area contributed by atoms with Crippen LogP contribution in [0.2, 0.25) is 0 Å². The molecule has 1 aromatic heterocycles. The lowest BCUT2D eigenvalue weighted by Crippen LogP contribution is -2.42. The van der Waals surface area contributed by atoms with Crippen molar-refractivity contribution in [1.82, 2.24) is 14.7 Å². The van der Waals surface area contributed by atoms with Crippen LogP contribution in [0.4, 0.5) is 0 Å². The number of rotatable bonds is 3. The molecule has 1 saturated heterocycles. The minimum atomic E-state index is 0.0952.